The highest BCUT2D eigenvalue weighted by Gasteiger charge is 2.33. The number of unbranched alkanes of at least 4 members (excludes halogenated alkanes) is 5. The van der Waals surface area contributed by atoms with Gasteiger partial charge in [-0.15, -0.1) is 0 Å². The van der Waals surface area contributed by atoms with Crippen molar-refractivity contribution in [3.8, 4) is 0 Å². The number of amides is 1. The van der Waals surface area contributed by atoms with E-state index < -0.39 is 0 Å². The SMILES string of the molecule is CCCCCCCCN1C(=O)/C(=C/c2c(N3C[C@@H](C)C[C@H](C)C3)nc3ccccn3c2=O)SC1=S. The Bertz CT molecular complexity index is 1170. The Hall–Kier alpha value is -2.19. The average molecular weight is 513 g/mol. The van der Waals surface area contributed by atoms with Gasteiger partial charge in [0, 0.05) is 25.8 Å². The van der Waals surface area contributed by atoms with E-state index in [4.69, 9.17) is 17.2 Å². The lowest BCUT2D eigenvalue weighted by Gasteiger charge is -2.36. The maximum absolute atomic E-state index is 13.6. The van der Waals surface area contributed by atoms with Gasteiger partial charge < -0.3 is 4.90 Å². The summed E-state index contributed by atoms with van der Waals surface area (Å²) < 4.78 is 2.13. The quantitative estimate of drug-likeness (QED) is 0.243. The van der Waals surface area contributed by atoms with Crippen molar-refractivity contribution in [3.63, 3.8) is 0 Å². The zero-order valence-electron chi connectivity index (χ0n) is 21.0. The van der Waals surface area contributed by atoms with Crippen LogP contribution in [0.5, 0.6) is 0 Å². The number of fused-ring (bicyclic) bond motifs is 1. The van der Waals surface area contributed by atoms with Crippen molar-refractivity contribution in [2.24, 2.45) is 11.8 Å². The number of thiocarbonyl (C=S) groups is 1. The largest absolute Gasteiger partial charge is 0.355 e. The van der Waals surface area contributed by atoms with Crippen molar-refractivity contribution in [1.29, 1.82) is 0 Å². The van der Waals surface area contributed by atoms with Crippen LogP contribution in [0.4, 0.5) is 5.82 Å². The fourth-order valence-corrected chi connectivity index (χ4v) is 6.46. The molecule has 0 saturated carbocycles. The summed E-state index contributed by atoms with van der Waals surface area (Å²) in [6.07, 6.45) is 11.6. The Kier molecular flexibility index (Phi) is 8.65. The number of carbonyl (C=O) groups excluding carboxylic acids is 1. The van der Waals surface area contributed by atoms with Gasteiger partial charge in [0.15, 0.2) is 0 Å². The molecule has 0 radical (unpaired) electrons. The van der Waals surface area contributed by atoms with E-state index in [1.807, 2.05) is 18.2 Å². The Labute approximate surface area is 217 Å². The van der Waals surface area contributed by atoms with Crippen LogP contribution in [0, 0.1) is 11.8 Å². The van der Waals surface area contributed by atoms with Crippen LogP contribution in [0.25, 0.3) is 11.7 Å². The molecule has 0 spiro atoms. The summed E-state index contributed by atoms with van der Waals surface area (Å²) in [7, 11) is 0. The number of aromatic nitrogens is 2. The smallest absolute Gasteiger partial charge is 0.267 e. The van der Waals surface area contributed by atoms with E-state index >= 15 is 0 Å². The van der Waals surface area contributed by atoms with Gasteiger partial charge in [0.2, 0.25) is 0 Å². The summed E-state index contributed by atoms with van der Waals surface area (Å²) in [5.41, 5.74) is 0.930. The molecular weight excluding hydrogens is 476 g/mol. The van der Waals surface area contributed by atoms with Crippen LogP contribution < -0.4 is 10.5 Å². The molecule has 35 heavy (non-hydrogen) atoms. The van der Waals surface area contributed by atoms with E-state index in [0.29, 0.717) is 44.6 Å². The highest BCUT2D eigenvalue weighted by atomic mass is 32.2. The molecule has 0 unspecified atom stereocenters. The van der Waals surface area contributed by atoms with E-state index in [0.717, 1.165) is 32.4 Å². The standard InChI is InChI=1S/C27H36N4O2S2/c1-4-5-6-7-8-10-14-31-26(33)22(35-27(31)34)16-21-24(29-17-19(2)15-20(3)18-29)28-23-12-9-11-13-30(23)25(21)32/h9,11-13,16,19-20H,4-8,10,14-15,17-18H2,1-3H3/b22-16-/t19-,20-/m0/s1. The molecule has 6 nitrogen and oxygen atoms in total. The number of thioether (sulfide) groups is 1. The normalized spacial score (nSPS) is 22.1. The molecule has 0 N–H and O–H groups in total. The Morgan fingerprint density at radius 1 is 1.09 bits per heavy atom. The molecule has 2 atom stereocenters. The summed E-state index contributed by atoms with van der Waals surface area (Å²) in [4.78, 5) is 36.2. The summed E-state index contributed by atoms with van der Waals surface area (Å²) in [5.74, 6) is 1.59. The number of nitrogens with zero attached hydrogens (tertiary/aromatic N) is 4. The van der Waals surface area contributed by atoms with E-state index in [2.05, 4.69) is 25.7 Å². The van der Waals surface area contributed by atoms with Crippen molar-refractivity contribution < 1.29 is 4.79 Å². The number of anilines is 1. The van der Waals surface area contributed by atoms with Crippen LogP contribution in [0.2, 0.25) is 0 Å². The number of piperidine rings is 1. The van der Waals surface area contributed by atoms with Crippen LogP contribution in [0.1, 0.15) is 71.3 Å². The number of rotatable bonds is 9. The molecule has 0 aliphatic carbocycles. The molecule has 2 aromatic heterocycles. The first-order chi connectivity index (χ1) is 16.9. The van der Waals surface area contributed by atoms with Gasteiger partial charge in [0.25, 0.3) is 11.5 Å². The molecule has 2 saturated heterocycles. The van der Waals surface area contributed by atoms with E-state index in [-0.39, 0.29) is 11.5 Å². The maximum atomic E-state index is 13.6. The van der Waals surface area contributed by atoms with Gasteiger partial charge in [0.05, 0.1) is 10.5 Å². The van der Waals surface area contributed by atoms with Gasteiger partial charge in [-0.1, -0.05) is 82.9 Å². The third-order valence-electron chi connectivity index (χ3n) is 6.80. The third-order valence-corrected chi connectivity index (χ3v) is 8.18. The van der Waals surface area contributed by atoms with Gasteiger partial charge in [-0.05, 0) is 42.9 Å². The number of carbonyl (C=O) groups is 1. The second-order valence-corrected chi connectivity index (χ2v) is 11.7. The Balaban J connectivity index is 1.63. The van der Waals surface area contributed by atoms with Crippen LogP contribution in [-0.2, 0) is 4.79 Å². The molecule has 4 rings (SSSR count). The van der Waals surface area contributed by atoms with Gasteiger partial charge >= 0.3 is 0 Å². The molecule has 188 valence electrons. The lowest BCUT2D eigenvalue weighted by atomic mass is 9.91. The van der Waals surface area contributed by atoms with Crippen molar-refractivity contribution in [2.45, 2.75) is 65.7 Å². The minimum atomic E-state index is -0.155. The monoisotopic (exact) mass is 512 g/mol. The topological polar surface area (TPSA) is 57.9 Å². The van der Waals surface area contributed by atoms with Crippen molar-refractivity contribution in [3.05, 3.63) is 45.2 Å². The van der Waals surface area contributed by atoms with E-state index in [1.54, 1.807) is 21.6 Å². The zero-order chi connectivity index (χ0) is 24.9. The molecule has 0 aromatic carbocycles. The van der Waals surface area contributed by atoms with Crippen molar-refractivity contribution in [1.82, 2.24) is 14.3 Å². The van der Waals surface area contributed by atoms with Crippen molar-refractivity contribution >= 4 is 51.7 Å². The predicted molar refractivity (Wildman–Crippen MR) is 150 cm³/mol. The lowest BCUT2D eigenvalue weighted by Crippen LogP contribution is -2.40. The number of pyridine rings is 1. The van der Waals surface area contributed by atoms with Crippen LogP contribution >= 0.6 is 24.0 Å². The van der Waals surface area contributed by atoms with Crippen LogP contribution in [0.3, 0.4) is 0 Å². The first-order valence-corrected chi connectivity index (χ1v) is 14.1. The zero-order valence-corrected chi connectivity index (χ0v) is 22.7. The summed E-state index contributed by atoms with van der Waals surface area (Å²) in [6.45, 7) is 9.02. The number of hydrogen-bond donors (Lipinski definition) is 0. The lowest BCUT2D eigenvalue weighted by molar-refractivity contribution is -0.122. The van der Waals surface area contributed by atoms with Gasteiger partial charge in [-0.25, -0.2) is 4.98 Å². The third kappa shape index (κ3) is 5.97. The first kappa shape index (κ1) is 25.9. The van der Waals surface area contributed by atoms with Gasteiger partial charge in [-0.3, -0.25) is 18.9 Å². The summed E-state index contributed by atoms with van der Waals surface area (Å²) in [5, 5.41) is 0. The fraction of sp³-hybridized carbons (Fsp3) is 0.556. The van der Waals surface area contributed by atoms with Crippen LogP contribution in [0.15, 0.2) is 34.1 Å². The van der Waals surface area contributed by atoms with Crippen LogP contribution in [-0.4, -0.2) is 44.1 Å². The Morgan fingerprint density at radius 3 is 2.54 bits per heavy atom. The molecule has 1 amide bonds. The highest BCUT2D eigenvalue weighted by Crippen LogP contribution is 2.34. The van der Waals surface area contributed by atoms with Gasteiger partial charge in [-0.2, -0.15) is 0 Å². The summed E-state index contributed by atoms with van der Waals surface area (Å²) in [6, 6.07) is 5.57. The van der Waals surface area contributed by atoms with E-state index in [9.17, 15) is 9.59 Å². The van der Waals surface area contributed by atoms with Crippen molar-refractivity contribution in [2.75, 3.05) is 24.5 Å². The minimum Gasteiger partial charge on any atom is -0.355 e. The predicted octanol–water partition coefficient (Wildman–Crippen LogP) is 5.74. The molecule has 8 heteroatoms. The number of hydrogen-bond acceptors (Lipinski definition) is 6. The average Bonchev–Trinajstić information content (AvgIpc) is 3.09. The van der Waals surface area contributed by atoms with E-state index in [1.165, 1.54) is 37.4 Å². The molecule has 0 bridgehead atoms. The molecule has 2 fully saturated rings. The molecule has 2 aliphatic rings. The van der Waals surface area contributed by atoms with Gasteiger partial charge in [0.1, 0.15) is 15.8 Å². The second-order valence-electron chi connectivity index (χ2n) is 10.0. The fourth-order valence-electron chi connectivity index (χ4n) is 5.17. The maximum Gasteiger partial charge on any atom is 0.267 e. The molecule has 2 aliphatic heterocycles. The molecule has 2 aromatic rings. The minimum absolute atomic E-state index is 0.0996. The molecular formula is C27H36N4O2S2. The molecule has 4 heterocycles. The summed E-state index contributed by atoms with van der Waals surface area (Å²) >= 11 is 6.84. The Morgan fingerprint density at radius 2 is 1.80 bits per heavy atom. The second kappa shape index (κ2) is 11.7. The highest BCUT2D eigenvalue weighted by molar-refractivity contribution is 8.26. The first-order valence-electron chi connectivity index (χ1n) is 12.9.